The van der Waals surface area contributed by atoms with Crippen molar-refractivity contribution in [3.63, 3.8) is 0 Å². The normalized spacial score (nSPS) is 15.1. The molecule has 9 heavy (non-hydrogen) atoms. The molecule has 0 saturated heterocycles. The van der Waals surface area contributed by atoms with E-state index in [1.807, 2.05) is 0 Å². The molecule has 0 aromatic carbocycles. The molecule has 4 heteroatoms. The molecule has 0 heterocycles. The van der Waals surface area contributed by atoms with Gasteiger partial charge in [0.05, 0.1) is 0 Å². The summed E-state index contributed by atoms with van der Waals surface area (Å²) in [5.41, 5.74) is 0. The van der Waals surface area contributed by atoms with E-state index < -0.39 is 18.0 Å². The lowest BCUT2D eigenvalue weighted by Crippen LogP contribution is -2.21. The van der Waals surface area contributed by atoms with E-state index in [4.69, 9.17) is 0 Å². The fraction of sp³-hybridized carbons (Fsp3) is 0.600. The quantitative estimate of drug-likeness (QED) is 0.438. The molecule has 0 N–H and O–H groups in total. The van der Waals surface area contributed by atoms with Gasteiger partial charge >= 0.3 is 5.38 Å². The minimum atomic E-state index is -3.76. The van der Waals surface area contributed by atoms with E-state index in [0.717, 1.165) is 6.08 Å². The molecule has 0 amide bonds. The average molecular weight is 159 g/mol. The van der Waals surface area contributed by atoms with Crippen molar-refractivity contribution in [3.05, 3.63) is 12.7 Å². The number of hydrogen-bond donors (Lipinski definition) is 0. The largest absolute Gasteiger partial charge is 0.352 e. The molecule has 0 radical (unpaired) electrons. The average Bonchev–Trinajstić information content (AvgIpc) is 1.64. The van der Waals surface area contributed by atoms with Gasteiger partial charge in [0.2, 0.25) is 0 Å². The van der Waals surface area contributed by atoms with Crippen LogP contribution in [0.1, 0.15) is 6.42 Å². The third-order valence-electron chi connectivity index (χ3n) is 0.729. The molecular formula is C5H6ClF3. The Hall–Kier alpha value is -0.180. The van der Waals surface area contributed by atoms with Gasteiger partial charge in [-0.1, -0.05) is 6.08 Å². The number of rotatable bonds is 3. The van der Waals surface area contributed by atoms with Gasteiger partial charge < -0.3 is 0 Å². The van der Waals surface area contributed by atoms with Gasteiger partial charge in [-0.05, 0) is 11.6 Å². The van der Waals surface area contributed by atoms with Crippen LogP contribution in [0.5, 0.6) is 0 Å². The van der Waals surface area contributed by atoms with E-state index in [1.165, 1.54) is 0 Å². The van der Waals surface area contributed by atoms with Crippen LogP contribution in [0.4, 0.5) is 13.2 Å². The Morgan fingerprint density at radius 1 is 1.67 bits per heavy atom. The van der Waals surface area contributed by atoms with Crippen molar-refractivity contribution in [1.82, 2.24) is 0 Å². The van der Waals surface area contributed by atoms with Crippen LogP contribution in [0.15, 0.2) is 12.7 Å². The molecule has 0 saturated carbocycles. The first-order chi connectivity index (χ1) is 3.98. The number of allylic oxidation sites excluding steroid dienone is 1. The van der Waals surface area contributed by atoms with Crippen molar-refractivity contribution >= 4 is 11.6 Å². The summed E-state index contributed by atoms with van der Waals surface area (Å²) in [6.45, 7) is 3.08. The van der Waals surface area contributed by atoms with Crippen molar-refractivity contribution in [3.8, 4) is 0 Å². The van der Waals surface area contributed by atoms with E-state index in [-0.39, 0.29) is 0 Å². The minimum Gasteiger partial charge on any atom is -0.239 e. The number of alkyl halides is 4. The van der Waals surface area contributed by atoms with Crippen LogP contribution in [0.2, 0.25) is 0 Å². The molecule has 54 valence electrons. The summed E-state index contributed by atoms with van der Waals surface area (Å²) in [6.07, 6.45) is -1.69. The molecule has 0 spiro atoms. The molecule has 0 aliphatic heterocycles. The molecule has 0 aromatic heterocycles. The maximum atomic E-state index is 12.0. The van der Waals surface area contributed by atoms with Crippen LogP contribution in [0.25, 0.3) is 0 Å². The van der Waals surface area contributed by atoms with Gasteiger partial charge in [0.25, 0.3) is 0 Å². The summed E-state index contributed by atoms with van der Waals surface area (Å²) in [5, 5.41) is -3.76. The van der Waals surface area contributed by atoms with Gasteiger partial charge in [0.1, 0.15) is 0 Å². The first-order valence-corrected chi connectivity index (χ1v) is 2.68. The molecule has 0 rings (SSSR count). The monoisotopic (exact) mass is 158 g/mol. The second kappa shape index (κ2) is 3.11. The summed E-state index contributed by atoms with van der Waals surface area (Å²) in [6, 6.07) is 0. The van der Waals surface area contributed by atoms with Crippen molar-refractivity contribution in [1.29, 1.82) is 0 Å². The Morgan fingerprint density at radius 2 is 2.11 bits per heavy atom. The minimum absolute atomic E-state index is 0.420. The summed E-state index contributed by atoms with van der Waals surface area (Å²) in [5.74, 6) is 0. The Bertz CT molecular complexity index is 96.9. The van der Waals surface area contributed by atoms with Crippen molar-refractivity contribution in [2.24, 2.45) is 0 Å². The highest BCUT2D eigenvalue weighted by Crippen LogP contribution is 2.28. The van der Waals surface area contributed by atoms with Gasteiger partial charge in [0.15, 0.2) is 6.17 Å². The smallest absolute Gasteiger partial charge is 0.239 e. The topological polar surface area (TPSA) is 0 Å². The summed E-state index contributed by atoms with van der Waals surface area (Å²) in [7, 11) is 0. The van der Waals surface area contributed by atoms with E-state index in [0.29, 0.717) is 0 Å². The van der Waals surface area contributed by atoms with Gasteiger partial charge in [-0.3, -0.25) is 0 Å². The van der Waals surface area contributed by atoms with Gasteiger partial charge in [-0.2, -0.15) is 8.78 Å². The van der Waals surface area contributed by atoms with Crippen LogP contribution >= 0.6 is 11.6 Å². The first-order valence-electron chi connectivity index (χ1n) is 2.30. The second-order valence-corrected chi connectivity index (χ2v) is 2.04. The van der Waals surface area contributed by atoms with Crippen LogP contribution in [0, 0.1) is 0 Å². The Kier molecular flexibility index (Phi) is 3.04. The Labute approximate surface area is 56.3 Å². The van der Waals surface area contributed by atoms with E-state index in [1.54, 1.807) is 0 Å². The molecule has 0 aromatic rings. The van der Waals surface area contributed by atoms with Crippen molar-refractivity contribution < 1.29 is 13.2 Å². The third kappa shape index (κ3) is 3.40. The molecule has 0 bridgehead atoms. The lowest BCUT2D eigenvalue weighted by Gasteiger charge is -2.10. The lowest BCUT2D eigenvalue weighted by molar-refractivity contribution is 0.00844. The summed E-state index contributed by atoms with van der Waals surface area (Å²) >= 11 is 4.31. The lowest BCUT2D eigenvalue weighted by atomic mass is 10.3. The molecule has 1 atom stereocenters. The highest BCUT2D eigenvalue weighted by atomic mass is 35.5. The predicted molar refractivity (Wildman–Crippen MR) is 30.5 cm³/mol. The van der Waals surface area contributed by atoms with E-state index >= 15 is 0 Å². The molecular weight excluding hydrogens is 153 g/mol. The SMILES string of the molecule is C=CCC(F)C(F)(F)Cl. The number of hydrogen-bond acceptors (Lipinski definition) is 0. The Balaban J connectivity index is 3.72. The second-order valence-electron chi connectivity index (χ2n) is 1.53. The maximum Gasteiger partial charge on any atom is 0.352 e. The van der Waals surface area contributed by atoms with E-state index in [2.05, 4.69) is 18.2 Å². The zero-order chi connectivity index (χ0) is 7.49. The molecule has 0 aliphatic rings. The summed E-state index contributed by atoms with van der Waals surface area (Å²) in [4.78, 5) is 0. The first kappa shape index (κ1) is 8.82. The number of halogens is 4. The van der Waals surface area contributed by atoms with Gasteiger partial charge in [-0.15, -0.1) is 6.58 Å². The van der Waals surface area contributed by atoms with E-state index in [9.17, 15) is 13.2 Å². The van der Waals surface area contributed by atoms with Crippen LogP contribution in [-0.4, -0.2) is 11.6 Å². The fourth-order valence-electron chi connectivity index (χ4n) is 0.280. The maximum absolute atomic E-state index is 12.0. The third-order valence-corrected chi connectivity index (χ3v) is 0.966. The van der Waals surface area contributed by atoms with Crippen LogP contribution in [0.3, 0.4) is 0 Å². The predicted octanol–water partition coefficient (Wildman–Crippen LogP) is 2.73. The zero-order valence-corrected chi connectivity index (χ0v) is 5.34. The highest BCUT2D eigenvalue weighted by Gasteiger charge is 2.36. The van der Waals surface area contributed by atoms with Crippen LogP contribution < -0.4 is 0 Å². The van der Waals surface area contributed by atoms with Gasteiger partial charge in [-0.25, -0.2) is 4.39 Å². The van der Waals surface area contributed by atoms with Crippen molar-refractivity contribution in [2.45, 2.75) is 18.0 Å². The Morgan fingerprint density at radius 3 is 2.22 bits per heavy atom. The fourth-order valence-corrected chi connectivity index (χ4v) is 0.369. The molecule has 0 nitrogen and oxygen atoms in total. The highest BCUT2D eigenvalue weighted by molar-refractivity contribution is 6.22. The van der Waals surface area contributed by atoms with Gasteiger partial charge in [0, 0.05) is 6.42 Å². The molecule has 1 unspecified atom stereocenters. The van der Waals surface area contributed by atoms with Crippen LogP contribution in [-0.2, 0) is 0 Å². The molecule has 0 fully saturated rings. The summed E-state index contributed by atoms with van der Waals surface area (Å²) < 4.78 is 35.2. The standard InChI is InChI=1S/C5H6ClF3/c1-2-3-4(7)5(6,8)9/h2,4H,1,3H2. The zero-order valence-electron chi connectivity index (χ0n) is 4.58. The van der Waals surface area contributed by atoms with Crippen molar-refractivity contribution in [2.75, 3.05) is 0 Å². The molecule has 0 aliphatic carbocycles.